The highest BCUT2D eigenvalue weighted by atomic mass is 35.5. The maximum atomic E-state index is 12.8. The van der Waals surface area contributed by atoms with Gasteiger partial charge in [-0.25, -0.2) is 14.8 Å². The number of nitrogens with zero attached hydrogens (tertiary/aromatic N) is 5. The molecule has 1 aliphatic carbocycles. The summed E-state index contributed by atoms with van der Waals surface area (Å²) in [5.41, 5.74) is 2.15. The van der Waals surface area contributed by atoms with Crippen molar-refractivity contribution < 1.29 is 4.42 Å². The smallest absolute Gasteiger partial charge is 0.390 e. The molecular weight excluding hydrogens is 406 g/mol. The Kier molecular flexibility index (Phi) is 4.51. The second kappa shape index (κ2) is 7.21. The van der Waals surface area contributed by atoms with Gasteiger partial charge in [-0.2, -0.15) is 4.68 Å². The molecule has 0 aliphatic heterocycles. The molecule has 0 amide bonds. The Morgan fingerprint density at radius 2 is 1.90 bits per heavy atom. The number of rotatable bonds is 4. The molecule has 1 saturated carbocycles. The molecule has 0 unspecified atom stereocenters. The van der Waals surface area contributed by atoms with Crippen LogP contribution in [0.2, 0.25) is 5.02 Å². The average molecular weight is 424 g/mol. The molecule has 1 aromatic carbocycles. The lowest BCUT2D eigenvalue weighted by Crippen LogP contribution is -2.31. The topological polar surface area (TPSA) is 95.8 Å². The Hall–Kier alpha value is -3.26. The van der Waals surface area contributed by atoms with Crippen LogP contribution in [-0.4, -0.2) is 24.3 Å². The minimum absolute atomic E-state index is 0.0198. The van der Waals surface area contributed by atoms with Crippen LogP contribution in [0.4, 0.5) is 0 Å². The van der Waals surface area contributed by atoms with Gasteiger partial charge in [0.2, 0.25) is 5.89 Å². The second-order valence-electron chi connectivity index (χ2n) is 7.58. The molecule has 0 radical (unpaired) electrons. The van der Waals surface area contributed by atoms with E-state index in [9.17, 15) is 9.59 Å². The van der Waals surface area contributed by atoms with Crippen LogP contribution in [0.1, 0.15) is 41.8 Å². The summed E-state index contributed by atoms with van der Waals surface area (Å²) >= 11 is 5.94. The number of benzene rings is 1. The minimum atomic E-state index is -0.510. The summed E-state index contributed by atoms with van der Waals surface area (Å²) < 4.78 is 8.07. The lowest BCUT2D eigenvalue weighted by molar-refractivity contribution is 0.233. The first-order valence-corrected chi connectivity index (χ1v) is 10.0. The van der Waals surface area contributed by atoms with Gasteiger partial charge in [-0.1, -0.05) is 23.7 Å². The van der Waals surface area contributed by atoms with E-state index in [-0.39, 0.29) is 24.0 Å². The first-order chi connectivity index (χ1) is 14.5. The molecular formula is C21H18ClN5O3. The van der Waals surface area contributed by atoms with Crippen molar-refractivity contribution in [1.82, 2.24) is 24.3 Å². The number of hydrogen-bond acceptors (Lipinski definition) is 6. The number of hydrogen-bond donors (Lipinski definition) is 0. The largest absolute Gasteiger partial charge is 0.437 e. The molecule has 0 saturated heterocycles. The minimum Gasteiger partial charge on any atom is -0.390 e. The molecule has 3 heterocycles. The van der Waals surface area contributed by atoms with Gasteiger partial charge in [-0.3, -0.25) is 9.36 Å². The molecule has 1 fully saturated rings. The summed E-state index contributed by atoms with van der Waals surface area (Å²) in [5, 5.41) is 5.48. The van der Waals surface area contributed by atoms with Crippen molar-refractivity contribution in [2.45, 2.75) is 38.3 Å². The monoisotopic (exact) mass is 423 g/mol. The maximum Gasteiger partial charge on any atom is 0.437 e. The number of halogens is 1. The van der Waals surface area contributed by atoms with E-state index in [1.807, 2.05) is 31.2 Å². The highest BCUT2D eigenvalue weighted by Crippen LogP contribution is 2.43. The van der Waals surface area contributed by atoms with Crippen LogP contribution >= 0.6 is 11.6 Å². The summed E-state index contributed by atoms with van der Waals surface area (Å²) in [5.74, 6) is 0.0334. The van der Waals surface area contributed by atoms with E-state index in [2.05, 4.69) is 15.1 Å². The fourth-order valence-corrected chi connectivity index (χ4v) is 4.03. The molecule has 9 heteroatoms. The van der Waals surface area contributed by atoms with Crippen molar-refractivity contribution in [2.75, 3.05) is 0 Å². The first-order valence-electron chi connectivity index (χ1n) is 9.64. The van der Waals surface area contributed by atoms with Gasteiger partial charge in [0.05, 0.1) is 11.4 Å². The second-order valence-corrected chi connectivity index (χ2v) is 8.02. The number of aromatic nitrogens is 5. The number of fused-ring (bicyclic) bond motifs is 1. The van der Waals surface area contributed by atoms with E-state index in [0.29, 0.717) is 22.0 Å². The van der Waals surface area contributed by atoms with E-state index in [4.69, 9.17) is 16.0 Å². The van der Waals surface area contributed by atoms with E-state index in [1.54, 1.807) is 12.3 Å². The molecule has 4 aromatic rings. The zero-order valence-corrected chi connectivity index (χ0v) is 16.9. The van der Waals surface area contributed by atoms with Gasteiger partial charge < -0.3 is 4.42 Å². The number of pyridine rings is 1. The van der Waals surface area contributed by atoms with Crippen molar-refractivity contribution in [2.24, 2.45) is 0 Å². The summed E-state index contributed by atoms with van der Waals surface area (Å²) in [4.78, 5) is 33.4. The van der Waals surface area contributed by atoms with E-state index < -0.39 is 5.76 Å². The fraction of sp³-hybridized carbons (Fsp3) is 0.286. The summed E-state index contributed by atoms with van der Waals surface area (Å²) in [6, 6.07) is 9.51. The Labute approximate surface area is 175 Å². The van der Waals surface area contributed by atoms with Gasteiger partial charge in [0.1, 0.15) is 12.9 Å². The van der Waals surface area contributed by atoms with E-state index >= 15 is 0 Å². The maximum absolute atomic E-state index is 12.8. The molecule has 1 aliphatic rings. The molecule has 152 valence electrons. The normalized spacial score (nSPS) is 18.5. The van der Waals surface area contributed by atoms with Crippen LogP contribution in [0.3, 0.4) is 0 Å². The fourth-order valence-electron chi connectivity index (χ4n) is 3.90. The Morgan fingerprint density at radius 1 is 1.13 bits per heavy atom. The zero-order chi connectivity index (χ0) is 20.8. The van der Waals surface area contributed by atoms with Gasteiger partial charge in [0, 0.05) is 11.2 Å². The summed E-state index contributed by atoms with van der Waals surface area (Å²) in [6.07, 6.45) is 4.62. The predicted octanol–water partition coefficient (Wildman–Crippen LogP) is 3.07. The number of aryl methyl sites for hydroxylation is 1. The Balaban J connectivity index is 1.36. The highest BCUT2D eigenvalue weighted by molar-refractivity contribution is 6.30. The molecule has 3 aromatic heterocycles. The van der Waals surface area contributed by atoms with Crippen LogP contribution in [0.15, 0.2) is 56.9 Å². The van der Waals surface area contributed by atoms with E-state index in [0.717, 1.165) is 18.4 Å². The molecule has 30 heavy (non-hydrogen) atoms. The van der Waals surface area contributed by atoms with Crippen molar-refractivity contribution in [1.29, 1.82) is 0 Å². The summed E-state index contributed by atoms with van der Waals surface area (Å²) in [6.45, 7) is 1.87. The first kappa shape index (κ1) is 18.7. The van der Waals surface area contributed by atoms with Gasteiger partial charge in [-0.05, 0) is 55.0 Å². The third-order valence-electron chi connectivity index (χ3n) is 5.65. The van der Waals surface area contributed by atoms with Gasteiger partial charge in [0.25, 0.3) is 5.56 Å². The Morgan fingerprint density at radius 3 is 2.67 bits per heavy atom. The lowest BCUT2D eigenvalue weighted by atomic mass is 9.76. The molecule has 0 spiro atoms. The Bertz CT molecular complexity index is 1350. The average Bonchev–Trinajstić information content (AvgIpc) is 3.04. The molecule has 0 bridgehead atoms. The highest BCUT2D eigenvalue weighted by Gasteiger charge is 2.34. The molecule has 0 atom stereocenters. The van der Waals surface area contributed by atoms with Crippen LogP contribution in [0.25, 0.3) is 11.0 Å². The van der Waals surface area contributed by atoms with Gasteiger partial charge >= 0.3 is 5.76 Å². The molecule has 8 nitrogen and oxygen atoms in total. The van der Waals surface area contributed by atoms with Gasteiger partial charge in [-0.15, -0.1) is 5.10 Å². The summed E-state index contributed by atoms with van der Waals surface area (Å²) in [7, 11) is 0. The van der Waals surface area contributed by atoms with Crippen LogP contribution < -0.4 is 11.3 Å². The van der Waals surface area contributed by atoms with Crippen LogP contribution in [0, 0.1) is 6.92 Å². The SMILES string of the molecule is Cc1ccnc2ncn(Cc3nn(C4CC(c5ccc(Cl)cc5)C4)c(=O)o3)c(=O)c12. The molecule has 5 rings (SSSR count). The standard InChI is InChI=1S/C21H18ClN5O3/c1-12-6-7-23-19-18(12)20(28)26(11-24-19)10-17-25-27(21(29)30-17)16-8-14(9-16)13-2-4-15(22)5-3-13/h2-7,11,14,16H,8-10H2,1H3. The zero-order valence-electron chi connectivity index (χ0n) is 16.2. The van der Waals surface area contributed by atoms with E-state index in [1.165, 1.54) is 21.1 Å². The van der Waals surface area contributed by atoms with Gasteiger partial charge in [0.15, 0.2) is 5.65 Å². The van der Waals surface area contributed by atoms with Crippen molar-refractivity contribution >= 4 is 22.6 Å². The quantitative estimate of drug-likeness (QED) is 0.500. The lowest BCUT2D eigenvalue weighted by Gasteiger charge is -2.34. The van der Waals surface area contributed by atoms with Crippen LogP contribution in [-0.2, 0) is 6.54 Å². The molecule has 0 N–H and O–H groups in total. The third-order valence-corrected chi connectivity index (χ3v) is 5.90. The van der Waals surface area contributed by atoms with Crippen molar-refractivity contribution in [3.05, 3.63) is 85.8 Å². The van der Waals surface area contributed by atoms with Crippen molar-refractivity contribution in [3.8, 4) is 0 Å². The van der Waals surface area contributed by atoms with Crippen molar-refractivity contribution in [3.63, 3.8) is 0 Å². The van der Waals surface area contributed by atoms with Crippen LogP contribution in [0.5, 0.6) is 0 Å². The third kappa shape index (κ3) is 3.23. The predicted molar refractivity (Wildman–Crippen MR) is 111 cm³/mol.